The maximum atomic E-state index is 13.0. The quantitative estimate of drug-likeness (QED) is 0.0726. The number of carbonyl (C=O) groups excluding carboxylic acids is 1. The molecule has 0 fully saturated rings. The van der Waals surface area contributed by atoms with Crippen molar-refractivity contribution >= 4 is 5.97 Å². The first-order valence-corrected chi connectivity index (χ1v) is 16.7. The van der Waals surface area contributed by atoms with Gasteiger partial charge in [-0.25, -0.2) is 4.79 Å². The number of unbranched alkanes of at least 4 members (excludes halogenated alkanes) is 12. The molecule has 1 unspecified atom stereocenters. The van der Waals surface area contributed by atoms with Gasteiger partial charge in [0.25, 0.3) is 0 Å². The van der Waals surface area contributed by atoms with Gasteiger partial charge in [0.05, 0.1) is 11.7 Å². The Morgan fingerprint density at radius 3 is 1.76 bits per heavy atom. The topological polar surface area (TPSA) is 35.5 Å². The van der Waals surface area contributed by atoms with Gasteiger partial charge in [0.15, 0.2) is 0 Å². The molecule has 0 saturated heterocycles. The van der Waals surface area contributed by atoms with Crippen LogP contribution in [0.25, 0.3) is 11.1 Å². The van der Waals surface area contributed by atoms with Gasteiger partial charge in [-0.15, -0.1) is 0 Å². The van der Waals surface area contributed by atoms with Crippen LogP contribution in [-0.4, -0.2) is 12.6 Å². The van der Waals surface area contributed by atoms with Crippen LogP contribution in [0.15, 0.2) is 72.8 Å². The minimum Gasteiger partial charge on any atom is -0.423 e. The molecule has 1 atom stereocenters. The first kappa shape index (κ1) is 33.6. The van der Waals surface area contributed by atoms with E-state index in [1.165, 1.54) is 82.6 Å². The molecule has 228 valence electrons. The van der Waals surface area contributed by atoms with E-state index in [1.54, 1.807) is 0 Å². The molecule has 0 aliphatic carbocycles. The summed E-state index contributed by atoms with van der Waals surface area (Å²) in [5, 5.41) is 0. The van der Waals surface area contributed by atoms with Crippen molar-refractivity contribution in [2.75, 3.05) is 6.61 Å². The fraction of sp³-hybridized carbons (Fsp3) is 0.513. The second-order valence-electron chi connectivity index (χ2n) is 11.7. The lowest BCUT2D eigenvalue weighted by Crippen LogP contribution is -2.09. The molecule has 0 radical (unpaired) electrons. The summed E-state index contributed by atoms with van der Waals surface area (Å²) in [5.74, 6) is 0.372. The fourth-order valence-electron chi connectivity index (χ4n) is 5.40. The Labute approximate surface area is 256 Å². The number of para-hydroxylation sites is 1. The van der Waals surface area contributed by atoms with Gasteiger partial charge in [-0.05, 0) is 66.6 Å². The Kier molecular flexibility index (Phi) is 16.1. The molecule has 0 saturated carbocycles. The summed E-state index contributed by atoms with van der Waals surface area (Å²) in [6, 6.07) is 24.2. The SMILES string of the molecule is CCCCCCCCCCCCc1ccccc1OC(=O)c1ccc(-c2ccc(C(C)OCCCCCC)cc2)cc1. The molecule has 0 aliphatic rings. The van der Waals surface area contributed by atoms with Gasteiger partial charge < -0.3 is 9.47 Å². The van der Waals surface area contributed by atoms with Crippen LogP contribution in [0, 0.1) is 0 Å². The Hall–Kier alpha value is -2.91. The zero-order chi connectivity index (χ0) is 29.8. The lowest BCUT2D eigenvalue weighted by Gasteiger charge is -2.14. The number of hydrogen-bond acceptors (Lipinski definition) is 3. The first-order valence-electron chi connectivity index (χ1n) is 16.7. The van der Waals surface area contributed by atoms with E-state index in [2.05, 4.69) is 51.1 Å². The van der Waals surface area contributed by atoms with E-state index < -0.39 is 0 Å². The van der Waals surface area contributed by atoms with Crippen molar-refractivity contribution in [3.05, 3.63) is 89.5 Å². The summed E-state index contributed by atoms with van der Waals surface area (Å²) < 4.78 is 11.9. The van der Waals surface area contributed by atoms with Crippen LogP contribution >= 0.6 is 0 Å². The lowest BCUT2D eigenvalue weighted by molar-refractivity contribution is 0.0628. The normalized spacial score (nSPS) is 11.9. The molecule has 0 spiro atoms. The van der Waals surface area contributed by atoms with Crippen LogP contribution in [0.4, 0.5) is 0 Å². The third kappa shape index (κ3) is 12.1. The molecule has 0 bridgehead atoms. The lowest BCUT2D eigenvalue weighted by atomic mass is 10.0. The Balaban J connectivity index is 1.44. The van der Waals surface area contributed by atoms with Crippen molar-refractivity contribution in [1.29, 1.82) is 0 Å². The highest BCUT2D eigenvalue weighted by atomic mass is 16.5. The standard InChI is InChI=1S/C39H54O3/c1-4-6-8-10-11-12-13-14-15-16-20-36-21-17-18-22-38(36)42-39(40)37-29-27-35(28-30-37)34-25-23-33(24-26-34)32(3)41-31-19-9-7-5-2/h17-18,21-30,32H,4-16,19-20,31H2,1-3H3. The molecule has 3 aromatic rings. The average molecular weight is 571 g/mol. The molecular weight excluding hydrogens is 516 g/mol. The molecule has 3 rings (SSSR count). The van der Waals surface area contributed by atoms with Crippen molar-refractivity contribution in [2.24, 2.45) is 0 Å². The molecule has 3 nitrogen and oxygen atoms in total. The Morgan fingerprint density at radius 2 is 1.14 bits per heavy atom. The van der Waals surface area contributed by atoms with E-state index in [4.69, 9.17) is 9.47 Å². The highest BCUT2D eigenvalue weighted by molar-refractivity contribution is 5.91. The largest absolute Gasteiger partial charge is 0.423 e. The van der Waals surface area contributed by atoms with Crippen LogP contribution < -0.4 is 4.74 Å². The smallest absolute Gasteiger partial charge is 0.343 e. The van der Waals surface area contributed by atoms with Crippen molar-refractivity contribution < 1.29 is 14.3 Å². The molecule has 0 aromatic heterocycles. The van der Waals surface area contributed by atoms with Gasteiger partial charge >= 0.3 is 5.97 Å². The number of carbonyl (C=O) groups is 1. The van der Waals surface area contributed by atoms with E-state index in [1.807, 2.05) is 42.5 Å². The summed E-state index contributed by atoms with van der Waals surface area (Å²) in [7, 11) is 0. The minimum atomic E-state index is -0.308. The van der Waals surface area contributed by atoms with Crippen LogP contribution in [0.2, 0.25) is 0 Å². The van der Waals surface area contributed by atoms with E-state index in [0.29, 0.717) is 11.3 Å². The summed E-state index contributed by atoms with van der Waals surface area (Å²) in [5.41, 5.74) is 5.06. The minimum absolute atomic E-state index is 0.0887. The summed E-state index contributed by atoms with van der Waals surface area (Å²) in [6.07, 6.45) is 19.1. The molecule has 42 heavy (non-hydrogen) atoms. The highest BCUT2D eigenvalue weighted by Crippen LogP contribution is 2.26. The predicted octanol–water partition coefficient (Wildman–Crippen LogP) is 11.7. The zero-order valence-electron chi connectivity index (χ0n) is 26.5. The second-order valence-corrected chi connectivity index (χ2v) is 11.7. The van der Waals surface area contributed by atoms with Gasteiger partial charge in [-0.2, -0.15) is 0 Å². The summed E-state index contributed by atoms with van der Waals surface area (Å²) >= 11 is 0. The molecule has 0 heterocycles. The van der Waals surface area contributed by atoms with Crippen molar-refractivity contribution in [3.63, 3.8) is 0 Å². The Bertz CT molecular complexity index is 1130. The van der Waals surface area contributed by atoms with Gasteiger partial charge in [-0.3, -0.25) is 0 Å². The van der Waals surface area contributed by atoms with Gasteiger partial charge in [-0.1, -0.05) is 145 Å². The van der Waals surface area contributed by atoms with Gasteiger partial charge in [0, 0.05) is 6.61 Å². The average Bonchev–Trinajstić information content (AvgIpc) is 3.02. The van der Waals surface area contributed by atoms with E-state index >= 15 is 0 Å². The molecule has 0 N–H and O–H groups in total. The van der Waals surface area contributed by atoms with Gasteiger partial charge in [0.2, 0.25) is 0 Å². The van der Waals surface area contributed by atoms with E-state index in [9.17, 15) is 4.79 Å². The Morgan fingerprint density at radius 1 is 0.619 bits per heavy atom. The highest BCUT2D eigenvalue weighted by Gasteiger charge is 2.12. The molecule has 0 amide bonds. The molecule has 3 heteroatoms. The van der Waals surface area contributed by atoms with Crippen LogP contribution in [0.1, 0.15) is 138 Å². The van der Waals surface area contributed by atoms with E-state index in [0.717, 1.165) is 42.6 Å². The predicted molar refractivity (Wildman–Crippen MR) is 177 cm³/mol. The zero-order valence-corrected chi connectivity index (χ0v) is 26.5. The number of rotatable bonds is 21. The van der Waals surface area contributed by atoms with Crippen LogP contribution in [0.3, 0.4) is 0 Å². The van der Waals surface area contributed by atoms with Crippen molar-refractivity contribution in [2.45, 2.75) is 123 Å². The number of esters is 1. The van der Waals surface area contributed by atoms with Crippen LogP contribution in [-0.2, 0) is 11.2 Å². The monoisotopic (exact) mass is 570 g/mol. The maximum Gasteiger partial charge on any atom is 0.343 e. The van der Waals surface area contributed by atoms with Crippen LogP contribution in [0.5, 0.6) is 5.75 Å². The van der Waals surface area contributed by atoms with Gasteiger partial charge in [0.1, 0.15) is 5.75 Å². The van der Waals surface area contributed by atoms with Crippen molar-refractivity contribution in [1.82, 2.24) is 0 Å². The third-order valence-electron chi connectivity index (χ3n) is 8.17. The molecular formula is C39H54O3. The summed E-state index contributed by atoms with van der Waals surface area (Å²) in [4.78, 5) is 13.0. The first-order chi connectivity index (χ1) is 20.6. The maximum absolute atomic E-state index is 13.0. The number of aryl methyl sites for hydroxylation is 1. The fourth-order valence-corrected chi connectivity index (χ4v) is 5.40. The van der Waals surface area contributed by atoms with Crippen molar-refractivity contribution in [3.8, 4) is 16.9 Å². The van der Waals surface area contributed by atoms with E-state index in [-0.39, 0.29) is 12.1 Å². The number of benzene rings is 3. The third-order valence-corrected chi connectivity index (χ3v) is 8.17. The molecule has 0 aliphatic heterocycles. The number of ether oxygens (including phenoxy) is 2. The number of hydrogen-bond donors (Lipinski definition) is 0. The second kappa shape index (κ2) is 20.1. The summed E-state index contributed by atoms with van der Waals surface area (Å²) in [6.45, 7) is 7.42. The molecule has 3 aromatic carbocycles.